The summed E-state index contributed by atoms with van der Waals surface area (Å²) in [7, 11) is -3.69. The lowest BCUT2D eigenvalue weighted by Gasteiger charge is -2.00. The van der Waals surface area contributed by atoms with E-state index in [0.29, 0.717) is 6.42 Å². The zero-order valence-corrected chi connectivity index (χ0v) is 13.6. The Morgan fingerprint density at radius 1 is 1.04 bits per heavy atom. The molecule has 0 aliphatic heterocycles. The Labute approximate surface area is 137 Å². The van der Waals surface area contributed by atoms with Gasteiger partial charge in [0.1, 0.15) is 5.82 Å². The minimum atomic E-state index is -3.69. The molecule has 1 aromatic heterocycles. The van der Waals surface area contributed by atoms with Crippen molar-refractivity contribution in [1.29, 1.82) is 0 Å². The van der Waals surface area contributed by atoms with E-state index in [9.17, 15) is 12.8 Å². The average Bonchev–Trinajstić information content (AvgIpc) is 2.97. The number of rotatable bonds is 4. The molecule has 3 rings (SSSR count). The molecule has 1 heterocycles. The van der Waals surface area contributed by atoms with Crippen LogP contribution in [0.2, 0.25) is 0 Å². The number of benzene rings is 2. The fraction of sp³-hybridized carbons (Fsp3) is 0.0625. The van der Waals surface area contributed by atoms with Crippen LogP contribution in [0.4, 0.5) is 4.39 Å². The van der Waals surface area contributed by atoms with Gasteiger partial charge in [0.05, 0.1) is 15.6 Å². The van der Waals surface area contributed by atoms with Crippen molar-refractivity contribution < 1.29 is 12.8 Å². The van der Waals surface area contributed by atoms with Gasteiger partial charge in [0.25, 0.3) is 0 Å². The number of nitrogens with two attached hydrogens (primary N) is 1. The molecule has 0 saturated carbocycles. The highest BCUT2D eigenvalue weighted by atomic mass is 32.2. The molecule has 0 unspecified atom stereocenters. The molecule has 0 spiro atoms. The summed E-state index contributed by atoms with van der Waals surface area (Å²) in [6, 6.07) is 12.6. The summed E-state index contributed by atoms with van der Waals surface area (Å²) in [5, 5.41) is 7.89. The molecule has 118 valence electrons. The van der Waals surface area contributed by atoms with E-state index in [0.717, 1.165) is 21.8 Å². The van der Waals surface area contributed by atoms with Crippen molar-refractivity contribution in [3.63, 3.8) is 0 Å². The van der Waals surface area contributed by atoms with Gasteiger partial charge in [-0.3, -0.25) is 0 Å². The topological polar surface area (TPSA) is 73.1 Å². The van der Waals surface area contributed by atoms with Gasteiger partial charge in [0.2, 0.25) is 10.0 Å². The Morgan fingerprint density at radius 2 is 1.70 bits per heavy atom. The molecular weight excluding hydrogens is 335 g/mol. The minimum Gasteiger partial charge on any atom is -0.241 e. The SMILES string of the molecule is NS(=O)(=O)c1ccc(-c2csc(Cc3ccc(F)cc3)n2)cc1. The van der Waals surface area contributed by atoms with Gasteiger partial charge in [0.15, 0.2) is 0 Å². The highest BCUT2D eigenvalue weighted by Gasteiger charge is 2.09. The van der Waals surface area contributed by atoms with Crippen LogP contribution < -0.4 is 5.14 Å². The highest BCUT2D eigenvalue weighted by molar-refractivity contribution is 7.89. The second kappa shape index (κ2) is 6.19. The number of sulfonamides is 1. The van der Waals surface area contributed by atoms with E-state index in [-0.39, 0.29) is 10.7 Å². The normalized spacial score (nSPS) is 11.6. The van der Waals surface area contributed by atoms with Gasteiger partial charge in [-0.15, -0.1) is 11.3 Å². The Morgan fingerprint density at radius 3 is 2.30 bits per heavy atom. The quantitative estimate of drug-likeness (QED) is 0.787. The highest BCUT2D eigenvalue weighted by Crippen LogP contribution is 2.24. The first-order chi connectivity index (χ1) is 10.9. The van der Waals surface area contributed by atoms with Gasteiger partial charge < -0.3 is 0 Å². The Hall–Kier alpha value is -2.09. The maximum Gasteiger partial charge on any atom is 0.238 e. The van der Waals surface area contributed by atoms with Crippen molar-refractivity contribution in [3.05, 3.63) is 70.3 Å². The number of primary sulfonamides is 1. The van der Waals surface area contributed by atoms with Gasteiger partial charge in [-0.05, 0) is 29.8 Å². The molecular formula is C16H13FN2O2S2. The molecule has 0 aliphatic carbocycles. The lowest BCUT2D eigenvalue weighted by Crippen LogP contribution is -2.11. The van der Waals surface area contributed by atoms with Crippen LogP contribution in [-0.2, 0) is 16.4 Å². The van der Waals surface area contributed by atoms with Crippen LogP contribution in [0, 0.1) is 5.82 Å². The van der Waals surface area contributed by atoms with Crippen molar-refractivity contribution in [3.8, 4) is 11.3 Å². The van der Waals surface area contributed by atoms with Crippen molar-refractivity contribution in [2.45, 2.75) is 11.3 Å². The zero-order chi connectivity index (χ0) is 16.4. The smallest absolute Gasteiger partial charge is 0.238 e. The number of nitrogens with zero attached hydrogens (tertiary/aromatic N) is 1. The van der Waals surface area contributed by atoms with Crippen molar-refractivity contribution in [1.82, 2.24) is 4.98 Å². The molecule has 7 heteroatoms. The molecule has 2 N–H and O–H groups in total. The number of hydrogen-bond donors (Lipinski definition) is 1. The molecule has 0 amide bonds. The average molecular weight is 348 g/mol. The number of thiazole rings is 1. The minimum absolute atomic E-state index is 0.0722. The monoisotopic (exact) mass is 348 g/mol. The summed E-state index contributed by atoms with van der Waals surface area (Å²) in [5.41, 5.74) is 2.57. The number of halogens is 1. The first kappa shape index (κ1) is 15.8. The van der Waals surface area contributed by atoms with E-state index in [1.807, 2.05) is 5.38 Å². The van der Waals surface area contributed by atoms with E-state index >= 15 is 0 Å². The van der Waals surface area contributed by atoms with E-state index in [1.54, 1.807) is 24.3 Å². The predicted molar refractivity (Wildman–Crippen MR) is 88.1 cm³/mol. The second-order valence-corrected chi connectivity index (χ2v) is 7.50. The van der Waals surface area contributed by atoms with Crippen LogP contribution in [0.15, 0.2) is 58.8 Å². The third-order valence-corrected chi connectivity index (χ3v) is 5.08. The van der Waals surface area contributed by atoms with Crippen LogP contribution in [0.5, 0.6) is 0 Å². The number of aromatic nitrogens is 1. The first-order valence-corrected chi connectivity index (χ1v) is 9.16. The van der Waals surface area contributed by atoms with Crippen LogP contribution in [0.1, 0.15) is 10.6 Å². The molecule has 4 nitrogen and oxygen atoms in total. The van der Waals surface area contributed by atoms with Crippen LogP contribution >= 0.6 is 11.3 Å². The van der Waals surface area contributed by atoms with Gasteiger partial charge >= 0.3 is 0 Å². The number of hydrogen-bond acceptors (Lipinski definition) is 4. The summed E-state index contributed by atoms with van der Waals surface area (Å²) in [6.07, 6.45) is 0.625. The van der Waals surface area contributed by atoms with Gasteiger partial charge in [0, 0.05) is 17.4 Å². The van der Waals surface area contributed by atoms with Gasteiger partial charge in [-0.25, -0.2) is 22.9 Å². The largest absolute Gasteiger partial charge is 0.241 e. The Kier molecular flexibility index (Phi) is 4.25. The molecule has 23 heavy (non-hydrogen) atoms. The molecule has 3 aromatic rings. The summed E-state index contributed by atoms with van der Waals surface area (Å²) >= 11 is 1.51. The standard InChI is InChI=1S/C16H13FN2O2S2/c17-13-5-1-11(2-6-13)9-16-19-15(10-22-16)12-3-7-14(8-4-12)23(18,20)21/h1-8,10H,9H2,(H2,18,20,21). The summed E-state index contributed by atoms with van der Waals surface area (Å²) < 4.78 is 35.4. The third-order valence-electron chi connectivity index (χ3n) is 3.30. The fourth-order valence-electron chi connectivity index (χ4n) is 2.12. The third kappa shape index (κ3) is 3.82. The summed E-state index contributed by atoms with van der Waals surface area (Å²) in [4.78, 5) is 4.61. The lowest BCUT2D eigenvalue weighted by molar-refractivity contribution is 0.598. The predicted octanol–water partition coefficient (Wildman–Crippen LogP) is 3.19. The molecule has 0 fully saturated rings. The molecule has 2 aromatic carbocycles. The maximum atomic E-state index is 12.9. The fourth-order valence-corrected chi connectivity index (χ4v) is 3.47. The second-order valence-electron chi connectivity index (χ2n) is 5.00. The molecule has 0 aliphatic rings. The first-order valence-electron chi connectivity index (χ1n) is 6.74. The Bertz CT molecular complexity index is 917. The van der Waals surface area contributed by atoms with Crippen LogP contribution in [0.25, 0.3) is 11.3 Å². The summed E-state index contributed by atoms with van der Waals surface area (Å²) in [6.45, 7) is 0. The Balaban J connectivity index is 1.80. The molecule has 0 atom stereocenters. The molecule has 0 radical (unpaired) electrons. The van der Waals surface area contributed by atoms with E-state index in [1.165, 1.54) is 35.6 Å². The van der Waals surface area contributed by atoms with Crippen molar-refractivity contribution in [2.75, 3.05) is 0 Å². The van der Waals surface area contributed by atoms with E-state index in [2.05, 4.69) is 4.98 Å². The zero-order valence-electron chi connectivity index (χ0n) is 11.9. The van der Waals surface area contributed by atoms with Gasteiger partial charge in [-0.2, -0.15) is 0 Å². The van der Waals surface area contributed by atoms with Crippen LogP contribution in [0.3, 0.4) is 0 Å². The lowest BCUT2D eigenvalue weighted by atomic mass is 10.1. The van der Waals surface area contributed by atoms with Crippen LogP contribution in [-0.4, -0.2) is 13.4 Å². The molecule has 0 saturated heterocycles. The summed E-state index contributed by atoms with van der Waals surface area (Å²) in [5.74, 6) is -0.261. The van der Waals surface area contributed by atoms with Crippen molar-refractivity contribution in [2.24, 2.45) is 5.14 Å². The van der Waals surface area contributed by atoms with Gasteiger partial charge in [-0.1, -0.05) is 24.3 Å². The van der Waals surface area contributed by atoms with Crippen molar-refractivity contribution >= 4 is 21.4 Å². The maximum absolute atomic E-state index is 12.9. The van der Waals surface area contributed by atoms with E-state index in [4.69, 9.17) is 5.14 Å². The van der Waals surface area contributed by atoms with E-state index < -0.39 is 10.0 Å². The molecule has 0 bridgehead atoms.